The van der Waals surface area contributed by atoms with Crippen LogP contribution in [0.25, 0.3) is 0 Å². The molecule has 4 nitrogen and oxygen atoms in total. The first-order chi connectivity index (χ1) is 11.5. The number of carbonyl (C=O) groups excluding carboxylic acids is 3. The number of imide groups is 1. The van der Waals surface area contributed by atoms with Gasteiger partial charge >= 0.3 is 0 Å². The Hall–Kier alpha value is -2.75. The zero-order chi connectivity index (χ0) is 17.3. The number of ketones is 1. The fraction of sp³-hybridized carbons (Fsp3) is 0.250. The zero-order valence-electron chi connectivity index (χ0n) is 13.8. The van der Waals surface area contributed by atoms with Crippen LogP contribution in [0.2, 0.25) is 0 Å². The molecule has 0 aromatic heterocycles. The van der Waals surface area contributed by atoms with E-state index in [0.29, 0.717) is 22.6 Å². The van der Waals surface area contributed by atoms with E-state index in [1.807, 2.05) is 12.1 Å². The summed E-state index contributed by atoms with van der Waals surface area (Å²) >= 11 is 0. The van der Waals surface area contributed by atoms with Crippen LogP contribution in [-0.2, 0) is 0 Å². The van der Waals surface area contributed by atoms with Gasteiger partial charge < -0.3 is 0 Å². The second-order valence-electron chi connectivity index (χ2n) is 6.10. The molecule has 24 heavy (non-hydrogen) atoms. The van der Waals surface area contributed by atoms with Crippen molar-refractivity contribution in [3.8, 4) is 0 Å². The average molecular weight is 321 g/mol. The van der Waals surface area contributed by atoms with E-state index in [1.165, 1.54) is 5.56 Å². The van der Waals surface area contributed by atoms with Crippen LogP contribution in [0.4, 0.5) is 0 Å². The van der Waals surface area contributed by atoms with E-state index in [4.69, 9.17) is 0 Å². The summed E-state index contributed by atoms with van der Waals surface area (Å²) in [6.45, 7) is 4.02. The van der Waals surface area contributed by atoms with Gasteiger partial charge in [0.25, 0.3) is 11.8 Å². The lowest BCUT2D eigenvalue weighted by atomic mass is 9.97. The van der Waals surface area contributed by atoms with Crippen molar-refractivity contribution in [2.45, 2.75) is 26.2 Å². The summed E-state index contributed by atoms with van der Waals surface area (Å²) in [5.74, 6) is -0.606. The lowest BCUT2D eigenvalue weighted by Crippen LogP contribution is -2.34. The summed E-state index contributed by atoms with van der Waals surface area (Å²) < 4.78 is 0. The summed E-state index contributed by atoms with van der Waals surface area (Å²) in [5.41, 5.74) is 2.42. The largest absolute Gasteiger partial charge is 0.292 e. The molecule has 0 N–H and O–H groups in total. The first-order valence-corrected chi connectivity index (χ1v) is 8.11. The molecule has 122 valence electrons. The van der Waals surface area contributed by atoms with Gasteiger partial charge in [0.1, 0.15) is 0 Å². The minimum absolute atomic E-state index is 0.227. The second-order valence-corrected chi connectivity index (χ2v) is 6.10. The molecule has 2 aromatic carbocycles. The summed E-state index contributed by atoms with van der Waals surface area (Å²) in [4.78, 5) is 38.1. The molecule has 2 aromatic rings. The van der Waals surface area contributed by atoms with Gasteiger partial charge in [0, 0.05) is 5.56 Å². The number of carbonyl (C=O) groups is 3. The molecular weight excluding hydrogens is 302 g/mol. The molecule has 1 heterocycles. The van der Waals surface area contributed by atoms with E-state index in [1.54, 1.807) is 36.4 Å². The maximum Gasteiger partial charge on any atom is 0.261 e. The molecule has 1 aliphatic rings. The highest BCUT2D eigenvalue weighted by Crippen LogP contribution is 2.23. The number of rotatable bonds is 5. The van der Waals surface area contributed by atoms with Gasteiger partial charge in [-0.3, -0.25) is 19.3 Å². The summed E-state index contributed by atoms with van der Waals surface area (Å²) in [7, 11) is 0. The van der Waals surface area contributed by atoms with Crippen molar-refractivity contribution in [3.05, 3.63) is 70.8 Å². The number of fused-ring (bicyclic) bond motifs is 1. The first kappa shape index (κ1) is 16.1. The Labute approximate surface area is 141 Å². The quantitative estimate of drug-likeness (QED) is 0.623. The predicted molar refractivity (Wildman–Crippen MR) is 91.3 cm³/mol. The third kappa shape index (κ3) is 2.75. The molecular formula is C20H19NO3. The van der Waals surface area contributed by atoms with Gasteiger partial charge in [0.05, 0.1) is 17.7 Å². The fourth-order valence-electron chi connectivity index (χ4n) is 2.85. The summed E-state index contributed by atoms with van der Waals surface area (Å²) in [6.07, 6.45) is 1.03. The first-order valence-electron chi connectivity index (χ1n) is 8.11. The van der Waals surface area contributed by atoms with Crippen molar-refractivity contribution in [2.24, 2.45) is 0 Å². The molecule has 0 saturated heterocycles. The van der Waals surface area contributed by atoms with Crippen LogP contribution >= 0.6 is 0 Å². The topological polar surface area (TPSA) is 54.5 Å². The highest BCUT2D eigenvalue weighted by Gasteiger charge is 2.36. The number of hydrogen-bond donors (Lipinski definition) is 0. The molecule has 4 heteroatoms. The monoisotopic (exact) mass is 321 g/mol. The van der Waals surface area contributed by atoms with Gasteiger partial charge in [-0.25, -0.2) is 0 Å². The standard InChI is InChI=1S/C20H19NO3/c1-3-13(2)14-8-10-15(11-9-14)18(22)12-21-19(23)16-6-4-5-7-17(16)20(21)24/h4-11,13H,3,12H2,1-2H3. The third-order valence-corrected chi connectivity index (χ3v) is 4.59. The molecule has 0 fully saturated rings. The Balaban J connectivity index is 1.76. The number of Topliss-reactive ketones (excluding diaryl/α,β-unsaturated/α-hetero) is 1. The minimum Gasteiger partial charge on any atom is -0.292 e. The molecule has 1 atom stereocenters. The van der Waals surface area contributed by atoms with Crippen LogP contribution in [0, 0.1) is 0 Å². The van der Waals surface area contributed by atoms with Gasteiger partial charge in [-0.15, -0.1) is 0 Å². The highest BCUT2D eigenvalue weighted by atomic mass is 16.2. The average Bonchev–Trinajstić information content (AvgIpc) is 2.86. The van der Waals surface area contributed by atoms with E-state index in [9.17, 15) is 14.4 Å². The summed E-state index contributed by atoms with van der Waals surface area (Å²) in [6, 6.07) is 14.0. The molecule has 1 aliphatic heterocycles. The fourth-order valence-corrected chi connectivity index (χ4v) is 2.85. The number of amides is 2. The lowest BCUT2D eigenvalue weighted by molar-refractivity contribution is 0.0624. The molecule has 0 bridgehead atoms. The lowest BCUT2D eigenvalue weighted by Gasteiger charge is -2.13. The Morgan fingerprint density at radius 2 is 1.50 bits per heavy atom. The Morgan fingerprint density at radius 3 is 2.00 bits per heavy atom. The smallest absolute Gasteiger partial charge is 0.261 e. The number of nitrogens with zero attached hydrogens (tertiary/aromatic N) is 1. The van der Waals surface area contributed by atoms with Crippen molar-refractivity contribution in [1.82, 2.24) is 4.90 Å². The van der Waals surface area contributed by atoms with E-state index in [-0.39, 0.29) is 12.3 Å². The third-order valence-electron chi connectivity index (χ3n) is 4.59. The van der Waals surface area contributed by atoms with Gasteiger partial charge in [-0.1, -0.05) is 50.2 Å². The van der Waals surface area contributed by atoms with Crippen molar-refractivity contribution in [3.63, 3.8) is 0 Å². The van der Waals surface area contributed by atoms with Crippen molar-refractivity contribution >= 4 is 17.6 Å². The molecule has 0 saturated carbocycles. The van der Waals surface area contributed by atoms with Crippen LogP contribution < -0.4 is 0 Å². The zero-order valence-corrected chi connectivity index (χ0v) is 13.8. The van der Waals surface area contributed by atoms with E-state index in [2.05, 4.69) is 13.8 Å². The molecule has 0 radical (unpaired) electrons. The van der Waals surface area contributed by atoms with Crippen LogP contribution in [0.3, 0.4) is 0 Å². The Morgan fingerprint density at radius 1 is 0.958 bits per heavy atom. The molecule has 0 aliphatic carbocycles. The highest BCUT2D eigenvalue weighted by molar-refractivity contribution is 6.23. The molecule has 2 amide bonds. The van der Waals surface area contributed by atoms with Crippen LogP contribution in [0.15, 0.2) is 48.5 Å². The summed E-state index contributed by atoms with van der Waals surface area (Å²) in [5, 5.41) is 0. The van der Waals surface area contributed by atoms with E-state index >= 15 is 0 Å². The van der Waals surface area contributed by atoms with Gasteiger partial charge in [0.15, 0.2) is 5.78 Å². The van der Waals surface area contributed by atoms with Gasteiger partial charge in [-0.05, 0) is 30.0 Å². The Kier molecular flexibility index (Phi) is 4.30. The normalized spacial score (nSPS) is 14.7. The predicted octanol–water partition coefficient (Wildman–Crippen LogP) is 3.68. The van der Waals surface area contributed by atoms with Crippen LogP contribution in [0.1, 0.15) is 62.8 Å². The second kappa shape index (κ2) is 6.40. The van der Waals surface area contributed by atoms with Crippen LogP contribution in [0.5, 0.6) is 0 Å². The molecule has 0 spiro atoms. The minimum atomic E-state index is -0.403. The van der Waals surface area contributed by atoms with E-state index in [0.717, 1.165) is 11.3 Å². The molecule has 1 unspecified atom stereocenters. The van der Waals surface area contributed by atoms with Gasteiger partial charge in [0.2, 0.25) is 0 Å². The van der Waals surface area contributed by atoms with Crippen molar-refractivity contribution < 1.29 is 14.4 Å². The van der Waals surface area contributed by atoms with Crippen molar-refractivity contribution in [1.29, 1.82) is 0 Å². The van der Waals surface area contributed by atoms with Gasteiger partial charge in [-0.2, -0.15) is 0 Å². The van der Waals surface area contributed by atoms with E-state index < -0.39 is 11.8 Å². The number of benzene rings is 2. The van der Waals surface area contributed by atoms with Crippen molar-refractivity contribution in [2.75, 3.05) is 6.54 Å². The Bertz CT molecular complexity index is 773. The maximum absolute atomic E-state index is 12.4. The van der Waals surface area contributed by atoms with Crippen LogP contribution in [-0.4, -0.2) is 29.0 Å². The molecule has 3 rings (SSSR count). The SMILES string of the molecule is CCC(C)c1ccc(C(=O)CN2C(=O)c3ccccc3C2=O)cc1. The number of hydrogen-bond acceptors (Lipinski definition) is 3. The maximum atomic E-state index is 12.4.